The number of carbonyl (C=O) groups is 1. The molecule has 2 fully saturated rings. The van der Waals surface area contributed by atoms with Crippen molar-refractivity contribution in [2.45, 2.75) is 43.4 Å². The monoisotopic (exact) mass is 456 g/mol. The van der Waals surface area contributed by atoms with Crippen molar-refractivity contribution in [3.8, 4) is 10.6 Å². The summed E-state index contributed by atoms with van der Waals surface area (Å²) in [6.45, 7) is 0. The Morgan fingerprint density at radius 3 is 2.94 bits per heavy atom. The number of nitrogens with zero attached hydrogens (tertiary/aromatic N) is 3. The van der Waals surface area contributed by atoms with Crippen LogP contribution in [0.5, 0.6) is 0 Å². The van der Waals surface area contributed by atoms with Crippen LogP contribution in [0, 0.1) is 5.82 Å². The Bertz CT molecular complexity index is 1180. The number of amides is 1. The molecule has 5 rings (SSSR count). The van der Waals surface area contributed by atoms with Crippen LogP contribution in [0.15, 0.2) is 30.5 Å². The number of hydrogen-bond donors (Lipinski definition) is 3. The topological polar surface area (TPSA) is 107 Å². The second-order valence-corrected chi connectivity index (χ2v) is 9.41. The van der Waals surface area contributed by atoms with Crippen molar-refractivity contribution in [2.75, 3.05) is 18.2 Å². The zero-order valence-electron chi connectivity index (χ0n) is 17.9. The first kappa shape index (κ1) is 21.0. The van der Waals surface area contributed by atoms with Gasteiger partial charge >= 0.3 is 0 Å². The number of methoxy groups -OCH3 is 1. The number of piperidine rings is 1. The predicted molar refractivity (Wildman–Crippen MR) is 121 cm³/mol. The van der Waals surface area contributed by atoms with Crippen LogP contribution in [-0.4, -0.2) is 39.9 Å². The molecule has 0 aliphatic carbocycles. The standard InChI is InChI=1S/C22H25FN6O2S/c1-29-18(22-9-7-14(28-22)16(31-2)8-10-22)15(11-25-29)26-20(30)17-19(24)32-21(27-17)12-5-3-4-6-13(12)23/h3-6,11,14,16,28H,7-10,24H2,1-2H3,(H,26,30). The second-order valence-electron chi connectivity index (χ2n) is 8.38. The number of aryl methyl sites for hydroxylation is 1. The third-order valence-corrected chi connectivity index (χ3v) is 7.48. The van der Waals surface area contributed by atoms with Gasteiger partial charge in [-0.3, -0.25) is 9.48 Å². The summed E-state index contributed by atoms with van der Waals surface area (Å²) in [4.78, 5) is 17.4. The van der Waals surface area contributed by atoms with Crippen molar-refractivity contribution in [2.24, 2.45) is 7.05 Å². The Labute approximate surface area is 189 Å². The molecular weight excluding hydrogens is 431 g/mol. The number of benzene rings is 1. The smallest absolute Gasteiger partial charge is 0.277 e. The summed E-state index contributed by atoms with van der Waals surface area (Å²) in [5, 5.41) is 11.7. The highest BCUT2D eigenvalue weighted by atomic mass is 32.1. The number of thiazole rings is 1. The molecule has 1 amide bonds. The molecule has 0 spiro atoms. The van der Waals surface area contributed by atoms with E-state index >= 15 is 0 Å². The Hall–Kier alpha value is -2.82. The number of fused-ring (bicyclic) bond motifs is 2. The molecule has 4 heterocycles. The van der Waals surface area contributed by atoms with E-state index in [2.05, 4.69) is 20.7 Å². The van der Waals surface area contributed by atoms with Gasteiger partial charge in [-0.2, -0.15) is 5.10 Å². The summed E-state index contributed by atoms with van der Waals surface area (Å²) in [6.07, 6.45) is 5.62. The molecule has 8 nitrogen and oxygen atoms in total. The minimum absolute atomic E-state index is 0.0842. The zero-order valence-corrected chi connectivity index (χ0v) is 18.7. The SMILES string of the molecule is COC1CCC2(c3c(NC(=O)c4nc(-c5ccccc5F)sc4N)cnn3C)CCC1N2. The maximum Gasteiger partial charge on any atom is 0.277 e. The quantitative estimate of drug-likeness (QED) is 0.544. The number of anilines is 2. The van der Waals surface area contributed by atoms with Gasteiger partial charge in [0.1, 0.15) is 15.8 Å². The van der Waals surface area contributed by atoms with Crippen LogP contribution in [0.2, 0.25) is 0 Å². The third kappa shape index (κ3) is 3.39. The number of nitrogen functional groups attached to an aromatic ring is 1. The van der Waals surface area contributed by atoms with E-state index in [1.807, 2.05) is 11.7 Å². The molecule has 168 valence electrons. The lowest BCUT2D eigenvalue weighted by atomic mass is 9.85. The molecular formula is C22H25FN6O2S. The van der Waals surface area contributed by atoms with E-state index in [4.69, 9.17) is 10.5 Å². The number of hydrogen-bond acceptors (Lipinski definition) is 7. The molecule has 2 aliphatic heterocycles. The summed E-state index contributed by atoms with van der Waals surface area (Å²) in [5.74, 6) is -0.845. The molecule has 4 N–H and O–H groups in total. The molecule has 0 saturated carbocycles. The molecule has 10 heteroatoms. The van der Waals surface area contributed by atoms with E-state index in [0.717, 1.165) is 42.7 Å². The van der Waals surface area contributed by atoms with Gasteiger partial charge in [0.25, 0.3) is 5.91 Å². The van der Waals surface area contributed by atoms with Crippen LogP contribution in [0.25, 0.3) is 10.6 Å². The fraction of sp³-hybridized carbons (Fsp3) is 0.409. The Morgan fingerprint density at radius 1 is 1.38 bits per heavy atom. The molecule has 2 saturated heterocycles. The lowest BCUT2D eigenvalue weighted by Crippen LogP contribution is -2.51. The van der Waals surface area contributed by atoms with Crippen LogP contribution in [0.1, 0.15) is 41.9 Å². The number of rotatable bonds is 5. The van der Waals surface area contributed by atoms with Gasteiger partial charge < -0.3 is 21.1 Å². The van der Waals surface area contributed by atoms with Gasteiger partial charge in [-0.05, 0) is 37.8 Å². The number of nitrogens with two attached hydrogens (primary N) is 1. The number of nitrogens with one attached hydrogen (secondary N) is 2. The highest BCUT2D eigenvalue weighted by Gasteiger charge is 2.49. The molecule has 2 aliphatic rings. The first-order valence-corrected chi connectivity index (χ1v) is 11.4. The molecule has 2 bridgehead atoms. The van der Waals surface area contributed by atoms with E-state index in [-0.39, 0.29) is 28.4 Å². The summed E-state index contributed by atoms with van der Waals surface area (Å²) in [5.41, 5.74) is 7.79. The normalized spacial score (nSPS) is 24.6. The van der Waals surface area contributed by atoms with Crippen molar-refractivity contribution < 1.29 is 13.9 Å². The summed E-state index contributed by atoms with van der Waals surface area (Å²) >= 11 is 1.09. The summed E-state index contributed by atoms with van der Waals surface area (Å²) < 4.78 is 21.6. The van der Waals surface area contributed by atoms with Crippen LogP contribution < -0.4 is 16.4 Å². The fourth-order valence-corrected chi connectivity index (χ4v) is 5.93. The third-order valence-electron chi connectivity index (χ3n) is 6.56. The number of halogens is 1. The minimum atomic E-state index is -0.438. The van der Waals surface area contributed by atoms with Crippen molar-refractivity contribution >= 4 is 27.9 Å². The average molecular weight is 457 g/mol. The van der Waals surface area contributed by atoms with Crippen molar-refractivity contribution in [1.29, 1.82) is 0 Å². The van der Waals surface area contributed by atoms with Gasteiger partial charge in [0.05, 0.1) is 29.2 Å². The van der Waals surface area contributed by atoms with Gasteiger partial charge in [0.15, 0.2) is 5.69 Å². The van der Waals surface area contributed by atoms with Gasteiger partial charge in [-0.25, -0.2) is 9.37 Å². The van der Waals surface area contributed by atoms with Crippen molar-refractivity contribution in [3.63, 3.8) is 0 Å². The second kappa shape index (κ2) is 7.95. The molecule has 3 aromatic rings. The summed E-state index contributed by atoms with van der Waals surface area (Å²) in [7, 11) is 3.63. The largest absolute Gasteiger partial charge is 0.389 e. The molecule has 1 aromatic carbocycles. The number of carbonyl (C=O) groups excluding carboxylic acids is 1. The van der Waals surface area contributed by atoms with E-state index in [0.29, 0.717) is 16.3 Å². The molecule has 3 atom stereocenters. The van der Waals surface area contributed by atoms with Gasteiger partial charge in [-0.1, -0.05) is 23.5 Å². The Balaban J connectivity index is 1.42. The van der Waals surface area contributed by atoms with E-state index in [1.165, 1.54) is 6.07 Å². The van der Waals surface area contributed by atoms with Crippen LogP contribution in [0.4, 0.5) is 15.1 Å². The first-order valence-electron chi connectivity index (χ1n) is 10.6. The number of aromatic nitrogens is 3. The van der Waals surface area contributed by atoms with E-state index in [1.54, 1.807) is 31.5 Å². The lowest BCUT2D eigenvalue weighted by Gasteiger charge is -2.38. The predicted octanol–water partition coefficient (Wildman–Crippen LogP) is 3.27. The maximum atomic E-state index is 14.2. The van der Waals surface area contributed by atoms with Crippen LogP contribution in [-0.2, 0) is 17.3 Å². The Morgan fingerprint density at radius 2 is 2.16 bits per heavy atom. The highest BCUT2D eigenvalue weighted by molar-refractivity contribution is 7.19. The number of ether oxygens (including phenoxy) is 1. The summed E-state index contributed by atoms with van der Waals surface area (Å²) in [6, 6.07) is 6.58. The Kier molecular flexibility index (Phi) is 5.23. The highest BCUT2D eigenvalue weighted by Crippen LogP contribution is 2.46. The van der Waals surface area contributed by atoms with Gasteiger partial charge in [0.2, 0.25) is 0 Å². The van der Waals surface area contributed by atoms with Crippen LogP contribution in [0.3, 0.4) is 0 Å². The minimum Gasteiger partial charge on any atom is -0.389 e. The molecule has 2 aromatic heterocycles. The van der Waals surface area contributed by atoms with Gasteiger partial charge in [0, 0.05) is 25.8 Å². The molecule has 0 radical (unpaired) electrons. The van der Waals surface area contributed by atoms with Crippen LogP contribution >= 0.6 is 11.3 Å². The zero-order chi connectivity index (χ0) is 22.5. The fourth-order valence-electron chi connectivity index (χ4n) is 5.08. The van der Waals surface area contributed by atoms with E-state index in [9.17, 15) is 9.18 Å². The van der Waals surface area contributed by atoms with Crippen molar-refractivity contribution in [3.05, 3.63) is 47.7 Å². The molecule has 32 heavy (non-hydrogen) atoms. The first-order chi connectivity index (χ1) is 15.4. The van der Waals surface area contributed by atoms with Gasteiger partial charge in [-0.15, -0.1) is 0 Å². The lowest BCUT2D eigenvalue weighted by molar-refractivity contribution is 0.0352. The average Bonchev–Trinajstić information content (AvgIpc) is 3.45. The van der Waals surface area contributed by atoms with Crippen molar-refractivity contribution in [1.82, 2.24) is 20.1 Å². The maximum absolute atomic E-state index is 14.2. The van der Waals surface area contributed by atoms with E-state index < -0.39 is 11.7 Å². The molecule has 3 unspecified atom stereocenters.